The Bertz CT molecular complexity index is 491. The van der Waals surface area contributed by atoms with Gasteiger partial charge >= 0.3 is 5.97 Å². The van der Waals surface area contributed by atoms with E-state index >= 15 is 0 Å². The van der Waals surface area contributed by atoms with Crippen LogP contribution in [0, 0.1) is 0 Å². The van der Waals surface area contributed by atoms with Crippen molar-refractivity contribution in [2.24, 2.45) is 0 Å². The topological polar surface area (TPSA) is 47.6 Å². The fourth-order valence-corrected chi connectivity index (χ4v) is 2.21. The van der Waals surface area contributed by atoms with Crippen molar-refractivity contribution in [3.05, 3.63) is 29.3 Å². The van der Waals surface area contributed by atoms with Crippen LogP contribution in [0.4, 0.5) is 0 Å². The third-order valence-corrected chi connectivity index (χ3v) is 3.19. The molecule has 1 aromatic carbocycles. The lowest BCUT2D eigenvalue weighted by molar-refractivity contribution is -0.153. The molecule has 1 aliphatic heterocycles. The quantitative estimate of drug-likeness (QED) is 0.859. The number of hydrogen-bond donors (Lipinski definition) is 1. The average Bonchev–Trinajstić information content (AvgIpc) is 2.80. The standard InChI is InChI=1S/C16H23NO3/c1-11(17-10-15(18)20-16(2,3)4)12-5-6-14-13(9-12)7-8-19-14/h5-6,9,11,17H,7-8,10H2,1-4H3. The summed E-state index contributed by atoms with van der Waals surface area (Å²) >= 11 is 0. The molecule has 0 aromatic heterocycles. The van der Waals surface area contributed by atoms with Crippen molar-refractivity contribution >= 4 is 5.97 Å². The summed E-state index contributed by atoms with van der Waals surface area (Å²) in [6.07, 6.45) is 0.960. The van der Waals surface area contributed by atoms with Crippen LogP contribution in [0.3, 0.4) is 0 Å². The van der Waals surface area contributed by atoms with Crippen LogP contribution in [-0.2, 0) is 16.0 Å². The zero-order valence-electron chi connectivity index (χ0n) is 12.7. The van der Waals surface area contributed by atoms with Gasteiger partial charge in [0.25, 0.3) is 0 Å². The monoisotopic (exact) mass is 277 g/mol. The Labute approximate surface area is 120 Å². The molecule has 0 amide bonds. The highest BCUT2D eigenvalue weighted by molar-refractivity contribution is 5.72. The lowest BCUT2D eigenvalue weighted by Crippen LogP contribution is -2.32. The van der Waals surface area contributed by atoms with Crippen LogP contribution in [0.1, 0.15) is 44.9 Å². The third kappa shape index (κ3) is 3.97. The van der Waals surface area contributed by atoms with Gasteiger partial charge in [-0.2, -0.15) is 0 Å². The Hall–Kier alpha value is -1.55. The highest BCUT2D eigenvalue weighted by Crippen LogP contribution is 2.28. The van der Waals surface area contributed by atoms with Gasteiger partial charge in [0, 0.05) is 12.5 Å². The summed E-state index contributed by atoms with van der Waals surface area (Å²) in [5, 5.41) is 3.20. The summed E-state index contributed by atoms with van der Waals surface area (Å²) in [6.45, 7) is 8.63. The Kier molecular flexibility index (Phi) is 4.33. The van der Waals surface area contributed by atoms with Crippen LogP contribution >= 0.6 is 0 Å². The highest BCUT2D eigenvalue weighted by atomic mass is 16.6. The van der Waals surface area contributed by atoms with Gasteiger partial charge in [-0.15, -0.1) is 0 Å². The number of ether oxygens (including phenoxy) is 2. The molecule has 1 heterocycles. The second kappa shape index (κ2) is 5.83. The molecular weight excluding hydrogens is 254 g/mol. The zero-order valence-corrected chi connectivity index (χ0v) is 12.7. The van der Waals surface area contributed by atoms with E-state index in [0.29, 0.717) is 0 Å². The summed E-state index contributed by atoms with van der Waals surface area (Å²) in [5.74, 6) is 0.752. The van der Waals surface area contributed by atoms with Crippen molar-refractivity contribution in [3.8, 4) is 5.75 Å². The van der Waals surface area contributed by atoms with E-state index in [1.807, 2.05) is 39.8 Å². The molecule has 1 N–H and O–H groups in total. The van der Waals surface area contributed by atoms with Gasteiger partial charge in [0.05, 0.1) is 13.2 Å². The van der Waals surface area contributed by atoms with E-state index in [1.165, 1.54) is 5.56 Å². The van der Waals surface area contributed by atoms with E-state index in [4.69, 9.17) is 9.47 Å². The third-order valence-electron chi connectivity index (χ3n) is 3.19. The predicted octanol–water partition coefficient (Wildman–Crippen LogP) is 2.61. The van der Waals surface area contributed by atoms with Gasteiger partial charge in [-0.3, -0.25) is 4.79 Å². The summed E-state index contributed by atoms with van der Waals surface area (Å²) in [5.41, 5.74) is 1.97. The van der Waals surface area contributed by atoms with Crippen molar-refractivity contribution < 1.29 is 14.3 Å². The van der Waals surface area contributed by atoms with Crippen molar-refractivity contribution in [3.63, 3.8) is 0 Å². The molecular formula is C16H23NO3. The summed E-state index contributed by atoms with van der Waals surface area (Å²) < 4.78 is 10.8. The lowest BCUT2D eigenvalue weighted by Gasteiger charge is -2.21. The molecule has 2 rings (SSSR count). The maximum atomic E-state index is 11.7. The molecule has 0 saturated heterocycles. The van der Waals surface area contributed by atoms with Crippen LogP contribution in [0.2, 0.25) is 0 Å². The molecule has 1 aliphatic rings. The van der Waals surface area contributed by atoms with Crippen molar-refractivity contribution in [2.45, 2.75) is 45.8 Å². The number of carbonyl (C=O) groups is 1. The van der Waals surface area contributed by atoms with Gasteiger partial charge in [0.2, 0.25) is 0 Å². The fourth-order valence-electron chi connectivity index (χ4n) is 2.21. The molecule has 20 heavy (non-hydrogen) atoms. The van der Waals surface area contributed by atoms with Gasteiger partial charge in [0.15, 0.2) is 0 Å². The molecule has 0 aliphatic carbocycles. The van der Waals surface area contributed by atoms with Gasteiger partial charge in [0.1, 0.15) is 11.4 Å². The molecule has 0 bridgehead atoms. The number of carbonyl (C=O) groups excluding carboxylic acids is 1. The van der Waals surface area contributed by atoms with E-state index in [2.05, 4.69) is 11.4 Å². The highest BCUT2D eigenvalue weighted by Gasteiger charge is 2.18. The fraction of sp³-hybridized carbons (Fsp3) is 0.562. The van der Waals surface area contributed by atoms with Crippen LogP contribution in [0.25, 0.3) is 0 Å². The molecule has 0 saturated carbocycles. The van der Waals surface area contributed by atoms with Crippen LogP contribution in [0.5, 0.6) is 5.75 Å². The summed E-state index contributed by atoms with van der Waals surface area (Å²) in [6, 6.07) is 6.29. The van der Waals surface area contributed by atoms with E-state index in [-0.39, 0.29) is 18.6 Å². The lowest BCUT2D eigenvalue weighted by atomic mass is 10.0. The van der Waals surface area contributed by atoms with E-state index in [0.717, 1.165) is 24.3 Å². The van der Waals surface area contributed by atoms with Crippen molar-refractivity contribution in [2.75, 3.05) is 13.2 Å². The molecule has 1 aromatic rings. The Morgan fingerprint density at radius 2 is 2.20 bits per heavy atom. The molecule has 4 nitrogen and oxygen atoms in total. The van der Waals surface area contributed by atoms with Crippen LogP contribution < -0.4 is 10.1 Å². The molecule has 0 radical (unpaired) electrons. The van der Waals surface area contributed by atoms with E-state index in [1.54, 1.807) is 0 Å². The number of benzene rings is 1. The van der Waals surface area contributed by atoms with Gasteiger partial charge in [-0.25, -0.2) is 0 Å². The molecule has 4 heteroatoms. The minimum Gasteiger partial charge on any atom is -0.493 e. The number of esters is 1. The predicted molar refractivity (Wildman–Crippen MR) is 77.9 cm³/mol. The van der Waals surface area contributed by atoms with Gasteiger partial charge < -0.3 is 14.8 Å². The second-order valence-electron chi connectivity index (χ2n) is 6.15. The minimum atomic E-state index is -0.438. The number of hydrogen-bond acceptors (Lipinski definition) is 4. The maximum absolute atomic E-state index is 11.7. The first-order valence-electron chi connectivity index (χ1n) is 7.06. The Morgan fingerprint density at radius 1 is 1.45 bits per heavy atom. The molecule has 1 unspecified atom stereocenters. The Morgan fingerprint density at radius 3 is 2.90 bits per heavy atom. The number of rotatable bonds is 4. The first-order chi connectivity index (χ1) is 9.35. The SMILES string of the molecule is CC(NCC(=O)OC(C)(C)C)c1ccc2c(c1)CCO2. The normalized spacial score (nSPS) is 15.4. The maximum Gasteiger partial charge on any atom is 0.320 e. The van der Waals surface area contributed by atoms with Gasteiger partial charge in [-0.05, 0) is 44.9 Å². The Balaban J connectivity index is 1.89. The van der Waals surface area contributed by atoms with Crippen molar-refractivity contribution in [1.82, 2.24) is 5.32 Å². The van der Waals surface area contributed by atoms with Crippen LogP contribution in [-0.4, -0.2) is 24.7 Å². The smallest absolute Gasteiger partial charge is 0.320 e. The first kappa shape index (κ1) is 14.9. The van der Waals surface area contributed by atoms with Crippen LogP contribution in [0.15, 0.2) is 18.2 Å². The van der Waals surface area contributed by atoms with E-state index < -0.39 is 5.60 Å². The number of fused-ring (bicyclic) bond motifs is 1. The molecule has 0 spiro atoms. The summed E-state index contributed by atoms with van der Waals surface area (Å²) in [4.78, 5) is 11.7. The molecule has 110 valence electrons. The molecule has 0 fully saturated rings. The van der Waals surface area contributed by atoms with Crippen molar-refractivity contribution in [1.29, 1.82) is 0 Å². The second-order valence-corrected chi connectivity index (χ2v) is 6.15. The number of nitrogens with one attached hydrogen (secondary N) is 1. The first-order valence-corrected chi connectivity index (χ1v) is 7.06. The minimum absolute atomic E-state index is 0.105. The zero-order chi connectivity index (χ0) is 14.8. The van der Waals surface area contributed by atoms with Gasteiger partial charge in [-0.1, -0.05) is 12.1 Å². The average molecular weight is 277 g/mol. The summed E-state index contributed by atoms with van der Waals surface area (Å²) in [7, 11) is 0. The largest absolute Gasteiger partial charge is 0.493 e. The van der Waals surface area contributed by atoms with E-state index in [9.17, 15) is 4.79 Å². The molecule has 1 atom stereocenters.